The zero-order chi connectivity index (χ0) is 12.3. The molecule has 0 saturated heterocycles. The van der Waals surface area contributed by atoms with Crippen LogP contribution < -0.4 is 4.74 Å². The van der Waals surface area contributed by atoms with Gasteiger partial charge >= 0.3 is 0 Å². The fourth-order valence-electron chi connectivity index (χ4n) is 1.71. The molecule has 0 atom stereocenters. The van der Waals surface area contributed by atoms with Crippen molar-refractivity contribution in [1.29, 1.82) is 0 Å². The molecular weight excluding hydrogens is 212 g/mol. The SMILES string of the molecule is Cc1ccc(OCc2ccc(O)cc2)c(C)c1. The Bertz CT molecular complexity index is 501. The standard InChI is InChI=1S/C15H16O2/c1-11-3-8-15(12(2)9-11)17-10-13-4-6-14(16)7-5-13/h3-9,16H,10H2,1-2H3. The quantitative estimate of drug-likeness (QED) is 0.870. The first kappa shape index (κ1) is 11.5. The smallest absolute Gasteiger partial charge is 0.122 e. The molecule has 0 spiro atoms. The summed E-state index contributed by atoms with van der Waals surface area (Å²) in [6.07, 6.45) is 0. The van der Waals surface area contributed by atoms with Gasteiger partial charge in [-0.3, -0.25) is 0 Å². The molecule has 17 heavy (non-hydrogen) atoms. The van der Waals surface area contributed by atoms with Crippen LogP contribution >= 0.6 is 0 Å². The largest absolute Gasteiger partial charge is 0.508 e. The van der Waals surface area contributed by atoms with Crippen molar-refractivity contribution in [2.75, 3.05) is 0 Å². The summed E-state index contributed by atoms with van der Waals surface area (Å²) in [4.78, 5) is 0. The van der Waals surface area contributed by atoms with E-state index in [9.17, 15) is 5.11 Å². The van der Waals surface area contributed by atoms with Crippen LogP contribution in [0.5, 0.6) is 11.5 Å². The van der Waals surface area contributed by atoms with Crippen LogP contribution in [0.3, 0.4) is 0 Å². The second kappa shape index (κ2) is 4.91. The van der Waals surface area contributed by atoms with Crippen LogP contribution in [0.25, 0.3) is 0 Å². The lowest BCUT2D eigenvalue weighted by molar-refractivity contribution is 0.304. The fraction of sp³-hybridized carbons (Fsp3) is 0.200. The predicted molar refractivity (Wildman–Crippen MR) is 68.4 cm³/mol. The molecule has 2 aromatic rings. The average Bonchev–Trinajstić information content (AvgIpc) is 2.30. The highest BCUT2D eigenvalue weighted by Gasteiger charge is 2.00. The Hall–Kier alpha value is -1.96. The van der Waals surface area contributed by atoms with Crippen molar-refractivity contribution in [3.63, 3.8) is 0 Å². The number of aryl methyl sites for hydroxylation is 2. The average molecular weight is 228 g/mol. The van der Waals surface area contributed by atoms with Crippen molar-refractivity contribution in [3.05, 3.63) is 59.2 Å². The lowest BCUT2D eigenvalue weighted by Crippen LogP contribution is -1.96. The van der Waals surface area contributed by atoms with Gasteiger partial charge in [-0.2, -0.15) is 0 Å². The topological polar surface area (TPSA) is 29.5 Å². The molecular formula is C15H16O2. The summed E-state index contributed by atoms with van der Waals surface area (Å²) >= 11 is 0. The second-order valence-corrected chi connectivity index (χ2v) is 4.22. The highest BCUT2D eigenvalue weighted by Crippen LogP contribution is 2.20. The zero-order valence-corrected chi connectivity index (χ0v) is 10.1. The molecule has 0 heterocycles. The summed E-state index contributed by atoms with van der Waals surface area (Å²) in [5.41, 5.74) is 3.42. The van der Waals surface area contributed by atoms with Crippen molar-refractivity contribution in [2.24, 2.45) is 0 Å². The molecule has 2 heteroatoms. The third kappa shape index (κ3) is 3.00. The minimum atomic E-state index is 0.278. The Balaban J connectivity index is 2.04. The summed E-state index contributed by atoms with van der Waals surface area (Å²) < 4.78 is 5.74. The first-order valence-corrected chi connectivity index (χ1v) is 5.63. The number of ether oxygens (including phenoxy) is 1. The lowest BCUT2D eigenvalue weighted by atomic mass is 10.1. The van der Waals surface area contributed by atoms with E-state index in [0.29, 0.717) is 6.61 Å². The number of hydrogen-bond acceptors (Lipinski definition) is 2. The molecule has 2 nitrogen and oxygen atoms in total. The van der Waals surface area contributed by atoms with Gasteiger partial charge in [-0.1, -0.05) is 29.8 Å². The number of aromatic hydroxyl groups is 1. The van der Waals surface area contributed by atoms with E-state index in [4.69, 9.17) is 4.74 Å². The molecule has 0 radical (unpaired) electrons. The molecule has 0 aliphatic rings. The van der Waals surface area contributed by atoms with Crippen LogP contribution in [0.1, 0.15) is 16.7 Å². The summed E-state index contributed by atoms with van der Waals surface area (Å²) in [6.45, 7) is 4.63. The lowest BCUT2D eigenvalue weighted by Gasteiger charge is -2.09. The fourth-order valence-corrected chi connectivity index (χ4v) is 1.71. The van der Waals surface area contributed by atoms with Gasteiger partial charge in [-0.15, -0.1) is 0 Å². The van der Waals surface area contributed by atoms with E-state index < -0.39 is 0 Å². The molecule has 0 fully saturated rings. The predicted octanol–water partition coefficient (Wildman–Crippen LogP) is 3.59. The molecule has 0 aliphatic carbocycles. The van der Waals surface area contributed by atoms with E-state index >= 15 is 0 Å². The Morgan fingerprint density at radius 3 is 2.35 bits per heavy atom. The molecule has 88 valence electrons. The Morgan fingerprint density at radius 1 is 1.00 bits per heavy atom. The molecule has 0 saturated carbocycles. The van der Waals surface area contributed by atoms with Crippen LogP contribution in [0.15, 0.2) is 42.5 Å². The van der Waals surface area contributed by atoms with Gasteiger partial charge < -0.3 is 9.84 Å². The Labute approximate surface area is 101 Å². The highest BCUT2D eigenvalue weighted by molar-refractivity contribution is 5.36. The van der Waals surface area contributed by atoms with E-state index in [1.807, 2.05) is 31.2 Å². The van der Waals surface area contributed by atoms with Crippen LogP contribution in [0.2, 0.25) is 0 Å². The minimum Gasteiger partial charge on any atom is -0.508 e. The van der Waals surface area contributed by atoms with Crippen LogP contribution in [-0.4, -0.2) is 5.11 Å². The Morgan fingerprint density at radius 2 is 1.71 bits per heavy atom. The highest BCUT2D eigenvalue weighted by atomic mass is 16.5. The maximum Gasteiger partial charge on any atom is 0.122 e. The van der Waals surface area contributed by atoms with Gasteiger partial charge in [0.25, 0.3) is 0 Å². The van der Waals surface area contributed by atoms with Crippen molar-refractivity contribution >= 4 is 0 Å². The van der Waals surface area contributed by atoms with Gasteiger partial charge in [-0.05, 0) is 43.2 Å². The van der Waals surface area contributed by atoms with Gasteiger partial charge in [0.1, 0.15) is 18.1 Å². The maximum atomic E-state index is 9.18. The number of rotatable bonds is 3. The normalized spacial score (nSPS) is 10.2. The second-order valence-electron chi connectivity index (χ2n) is 4.22. The number of phenolic OH excluding ortho intramolecular Hbond substituents is 1. The van der Waals surface area contributed by atoms with E-state index in [2.05, 4.69) is 13.0 Å². The summed E-state index contributed by atoms with van der Waals surface area (Å²) in [7, 11) is 0. The third-order valence-electron chi connectivity index (χ3n) is 2.66. The van der Waals surface area contributed by atoms with E-state index in [-0.39, 0.29) is 5.75 Å². The van der Waals surface area contributed by atoms with Gasteiger partial charge in [-0.25, -0.2) is 0 Å². The van der Waals surface area contributed by atoms with Crippen LogP contribution in [0.4, 0.5) is 0 Å². The van der Waals surface area contributed by atoms with Crippen LogP contribution in [-0.2, 0) is 6.61 Å². The van der Waals surface area contributed by atoms with E-state index in [1.54, 1.807) is 12.1 Å². The molecule has 0 unspecified atom stereocenters. The van der Waals surface area contributed by atoms with Crippen molar-refractivity contribution in [1.82, 2.24) is 0 Å². The van der Waals surface area contributed by atoms with E-state index in [0.717, 1.165) is 16.9 Å². The first-order chi connectivity index (χ1) is 8.15. The summed E-state index contributed by atoms with van der Waals surface area (Å²) in [6, 6.07) is 13.2. The van der Waals surface area contributed by atoms with E-state index in [1.165, 1.54) is 5.56 Å². The molecule has 0 aromatic heterocycles. The van der Waals surface area contributed by atoms with Crippen molar-refractivity contribution in [2.45, 2.75) is 20.5 Å². The van der Waals surface area contributed by atoms with Crippen molar-refractivity contribution < 1.29 is 9.84 Å². The number of benzene rings is 2. The molecule has 0 amide bonds. The molecule has 0 bridgehead atoms. The van der Waals surface area contributed by atoms with Gasteiger partial charge in [0.15, 0.2) is 0 Å². The number of hydrogen-bond donors (Lipinski definition) is 1. The zero-order valence-electron chi connectivity index (χ0n) is 10.1. The monoisotopic (exact) mass is 228 g/mol. The number of phenols is 1. The van der Waals surface area contributed by atoms with Crippen LogP contribution in [0, 0.1) is 13.8 Å². The molecule has 0 aliphatic heterocycles. The molecule has 2 rings (SSSR count). The molecule has 1 N–H and O–H groups in total. The van der Waals surface area contributed by atoms with Gasteiger partial charge in [0.2, 0.25) is 0 Å². The third-order valence-corrected chi connectivity index (χ3v) is 2.66. The van der Waals surface area contributed by atoms with Gasteiger partial charge in [0, 0.05) is 0 Å². The first-order valence-electron chi connectivity index (χ1n) is 5.63. The summed E-state index contributed by atoms with van der Waals surface area (Å²) in [5.74, 6) is 1.18. The molecule has 2 aromatic carbocycles. The van der Waals surface area contributed by atoms with Crippen molar-refractivity contribution in [3.8, 4) is 11.5 Å². The summed E-state index contributed by atoms with van der Waals surface area (Å²) in [5, 5.41) is 9.18. The van der Waals surface area contributed by atoms with Gasteiger partial charge in [0.05, 0.1) is 0 Å². The Kier molecular flexibility index (Phi) is 3.33. The minimum absolute atomic E-state index is 0.278. The maximum absolute atomic E-state index is 9.18.